The van der Waals surface area contributed by atoms with Crippen LogP contribution in [-0.4, -0.2) is 52.4 Å². The Morgan fingerprint density at radius 1 is 1.06 bits per heavy atom. The van der Waals surface area contributed by atoms with Crippen molar-refractivity contribution in [2.45, 2.75) is 10.9 Å². The number of rotatable bonds is 6. The second-order valence-electron chi connectivity index (χ2n) is 8.06. The van der Waals surface area contributed by atoms with Crippen LogP contribution in [0.15, 0.2) is 58.3 Å². The average Bonchev–Trinajstić information content (AvgIpc) is 3.49. The highest BCUT2D eigenvalue weighted by atomic mass is 32.2. The van der Waals surface area contributed by atoms with Gasteiger partial charge in [-0.2, -0.15) is 0 Å². The van der Waals surface area contributed by atoms with E-state index in [9.17, 15) is 0 Å². The summed E-state index contributed by atoms with van der Waals surface area (Å²) in [7, 11) is 0. The molecule has 1 aliphatic rings. The maximum absolute atomic E-state index is 5.51. The van der Waals surface area contributed by atoms with Crippen molar-refractivity contribution in [1.29, 1.82) is 0 Å². The van der Waals surface area contributed by atoms with Crippen LogP contribution in [0.3, 0.4) is 0 Å². The summed E-state index contributed by atoms with van der Waals surface area (Å²) in [5.74, 6) is 1.68. The predicted molar refractivity (Wildman–Crippen MR) is 144 cm³/mol. The highest BCUT2D eigenvalue weighted by molar-refractivity contribution is 8.00. The van der Waals surface area contributed by atoms with Crippen molar-refractivity contribution in [1.82, 2.24) is 19.9 Å². The first-order valence-electron chi connectivity index (χ1n) is 11.1. The van der Waals surface area contributed by atoms with E-state index in [4.69, 9.17) is 14.7 Å². The lowest BCUT2D eigenvalue weighted by Gasteiger charge is -2.25. The fourth-order valence-corrected chi connectivity index (χ4v) is 6.64. The molecule has 9 heteroatoms. The number of thioether (sulfide) groups is 1. The van der Waals surface area contributed by atoms with Crippen molar-refractivity contribution in [3.05, 3.63) is 59.7 Å². The number of morpholine rings is 1. The molecule has 0 spiro atoms. The zero-order chi connectivity index (χ0) is 22.9. The molecular weight excluding hydrogens is 483 g/mol. The summed E-state index contributed by atoms with van der Waals surface area (Å²) in [6.45, 7) is 4.06. The molecule has 6 nitrogen and oxygen atoms in total. The molecule has 6 rings (SSSR count). The second kappa shape index (κ2) is 9.59. The molecule has 1 saturated heterocycles. The smallest absolute Gasteiger partial charge is 0.150 e. The predicted octanol–water partition coefficient (Wildman–Crippen LogP) is 6.27. The monoisotopic (exact) mass is 505 g/mol. The van der Waals surface area contributed by atoms with E-state index < -0.39 is 0 Å². The number of hydrogen-bond donors (Lipinski definition) is 1. The first kappa shape index (κ1) is 21.9. The van der Waals surface area contributed by atoms with Crippen molar-refractivity contribution in [3.63, 3.8) is 0 Å². The van der Waals surface area contributed by atoms with Gasteiger partial charge in [-0.1, -0.05) is 42.1 Å². The molecule has 0 radical (unpaired) electrons. The SMILES string of the molecule is CSc1nc2ccc(Nc3nc(CN4CCOCC4)nc4scc(-c5ccccc5)c34)cc2s1. The van der Waals surface area contributed by atoms with Crippen LogP contribution in [0.1, 0.15) is 5.82 Å². The van der Waals surface area contributed by atoms with E-state index in [2.05, 4.69) is 69.3 Å². The van der Waals surface area contributed by atoms with Gasteiger partial charge < -0.3 is 10.1 Å². The minimum atomic E-state index is 0.720. The van der Waals surface area contributed by atoms with Crippen LogP contribution in [0.5, 0.6) is 0 Å². The Bertz CT molecular complexity index is 1440. The van der Waals surface area contributed by atoms with Crippen LogP contribution >= 0.6 is 34.4 Å². The molecule has 1 fully saturated rings. The Labute approximate surface area is 210 Å². The van der Waals surface area contributed by atoms with Crippen molar-refractivity contribution < 1.29 is 4.74 Å². The lowest BCUT2D eigenvalue weighted by molar-refractivity contribution is 0.0331. The lowest BCUT2D eigenvalue weighted by Crippen LogP contribution is -2.36. The lowest BCUT2D eigenvalue weighted by atomic mass is 10.1. The molecule has 172 valence electrons. The van der Waals surface area contributed by atoms with E-state index in [-0.39, 0.29) is 0 Å². The van der Waals surface area contributed by atoms with E-state index in [0.717, 1.165) is 75.8 Å². The Balaban J connectivity index is 1.43. The first-order valence-corrected chi connectivity index (χ1v) is 14.0. The summed E-state index contributed by atoms with van der Waals surface area (Å²) in [4.78, 5) is 18.0. The van der Waals surface area contributed by atoms with Crippen LogP contribution in [0.4, 0.5) is 11.5 Å². The van der Waals surface area contributed by atoms with Crippen LogP contribution in [0.2, 0.25) is 0 Å². The van der Waals surface area contributed by atoms with Gasteiger partial charge in [0, 0.05) is 29.7 Å². The highest BCUT2D eigenvalue weighted by Gasteiger charge is 2.18. The van der Waals surface area contributed by atoms with Gasteiger partial charge in [-0.25, -0.2) is 15.0 Å². The molecule has 0 atom stereocenters. The number of thiazole rings is 1. The van der Waals surface area contributed by atoms with E-state index >= 15 is 0 Å². The van der Waals surface area contributed by atoms with Gasteiger partial charge >= 0.3 is 0 Å². The molecule has 2 aromatic carbocycles. The number of aromatic nitrogens is 3. The van der Waals surface area contributed by atoms with Gasteiger partial charge in [0.25, 0.3) is 0 Å². The molecule has 1 aliphatic heterocycles. The minimum absolute atomic E-state index is 0.720. The number of ether oxygens (including phenoxy) is 1. The van der Waals surface area contributed by atoms with E-state index in [0.29, 0.717) is 0 Å². The number of thiophene rings is 1. The van der Waals surface area contributed by atoms with Crippen LogP contribution in [0.25, 0.3) is 31.6 Å². The van der Waals surface area contributed by atoms with E-state index in [1.807, 2.05) is 6.07 Å². The molecular formula is C25H23N5OS3. The van der Waals surface area contributed by atoms with E-state index in [1.165, 1.54) is 10.3 Å². The number of fused-ring (bicyclic) bond motifs is 2. The van der Waals surface area contributed by atoms with Gasteiger partial charge in [-0.15, -0.1) is 22.7 Å². The number of hydrogen-bond acceptors (Lipinski definition) is 9. The summed E-state index contributed by atoms with van der Waals surface area (Å²) in [6.07, 6.45) is 2.06. The first-order chi connectivity index (χ1) is 16.8. The summed E-state index contributed by atoms with van der Waals surface area (Å²) in [6, 6.07) is 16.8. The molecule has 0 bridgehead atoms. The van der Waals surface area contributed by atoms with Crippen molar-refractivity contribution >= 4 is 66.4 Å². The zero-order valence-electron chi connectivity index (χ0n) is 18.7. The van der Waals surface area contributed by atoms with Gasteiger partial charge in [0.15, 0.2) is 4.34 Å². The Morgan fingerprint density at radius 2 is 1.91 bits per heavy atom. The number of nitrogens with one attached hydrogen (secondary N) is 1. The number of benzene rings is 2. The van der Waals surface area contributed by atoms with Gasteiger partial charge in [-0.05, 0) is 30.0 Å². The maximum atomic E-state index is 5.51. The van der Waals surface area contributed by atoms with Crippen molar-refractivity contribution in [2.75, 3.05) is 37.9 Å². The Hall–Kier alpha value is -2.56. The van der Waals surface area contributed by atoms with Crippen LogP contribution < -0.4 is 5.32 Å². The normalized spacial score (nSPS) is 14.7. The third kappa shape index (κ3) is 4.42. The third-order valence-electron chi connectivity index (χ3n) is 5.84. The summed E-state index contributed by atoms with van der Waals surface area (Å²) >= 11 is 5.07. The minimum Gasteiger partial charge on any atom is -0.379 e. The summed E-state index contributed by atoms with van der Waals surface area (Å²) < 4.78 is 7.75. The molecule has 4 heterocycles. The largest absolute Gasteiger partial charge is 0.379 e. The van der Waals surface area contributed by atoms with Crippen LogP contribution in [-0.2, 0) is 11.3 Å². The van der Waals surface area contributed by atoms with Crippen molar-refractivity contribution in [2.24, 2.45) is 0 Å². The standard InChI is InChI=1S/C25H23N5OS3/c1-32-25-27-19-8-7-17(13-20(19)34-25)26-23-22-18(16-5-3-2-4-6-16)15-33-24(22)29-21(28-23)14-30-9-11-31-12-10-30/h2-8,13,15H,9-12,14H2,1H3,(H,26,28,29). The molecule has 3 aromatic heterocycles. The fraction of sp³-hybridized carbons (Fsp3) is 0.240. The van der Waals surface area contributed by atoms with Crippen LogP contribution in [0, 0.1) is 0 Å². The summed E-state index contributed by atoms with van der Waals surface area (Å²) in [5.41, 5.74) is 4.36. The van der Waals surface area contributed by atoms with Gasteiger partial charge in [-0.3, -0.25) is 4.90 Å². The fourth-order valence-electron chi connectivity index (χ4n) is 4.14. The molecule has 0 amide bonds. The molecule has 34 heavy (non-hydrogen) atoms. The van der Waals surface area contributed by atoms with Gasteiger partial charge in [0.1, 0.15) is 16.5 Å². The molecule has 5 aromatic rings. The average molecular weight is 506 g/mol. The summed E-state index contributed by atoms with van der Waals surface area (Å²) in [5, 5.41) is 6.88. The van der Waals surface area contributed by atoms with Crippen molar-refractivity contribution in [3.8, 4) is 11.1 Å². The number of nitrogens with zero attached hydrogens (tertiary/aromatic N) is 4. The van der Waals surface area contributed by atoms with Gasteiger partial charge in [0.2, 0.25) is 0 Å². The topological polar surface area (TPSA) is 63.2 Å². The van der Waals surface area contributed by atoms with E-state index in [1.54, 1.807) is 34.4 Å². The van der Waals surface area contributed by atoms with Gasteiger partial charge in [0.05, 0.1) is 35.4 Å². The Morgan fingerprint density at radius 3 is 2.74 bits per heavy atom. The molecule has 0 aliphatic carbocycles. The molecule has 1 N–H and O–H groups in total. The second-order valence-corrected chi connectivity index (χ2v) is 11.0. The molecule has 0 unspecified atom stereocenters. The molecule has 0 saturated carbocycles. The maximum Gasteiger partial charge on any atom is 0.150 e. The zero-order valence-corrected chi connectivity index (χ0v) is 21.1. The number of anilines is 2. The highest BCUT2D eigenvalue weighted by Crippen LogP contribution is 2.39. The third-order valence-corrected chi connectivity index (χ3v) is 8.72. The quantitative estimate of drug-likeness (QED) is 0.273. The Kier molecular flexibility index (Phi) is 6.19.